The first-order valence-electron chi connectivity index (χ1n) is 6.15. The van der Waals surface area contributed by atoms with E-state index in [1.165, 1.54) is 38.5 Å². The summed E-state index contributed by atoms with van der Waals surface area (Å²) < 4.78 is 5.59. The lowest BCUT2D eigenvalue weighted by atomic mass is 9.86. The maximum Gasteiger partial charge on any atom is 0.233 e. The SMILES string of the molecule is Clc1cncc(OCC2CN(C3CCC3)C2)n1. The van der Waals surface area contributed by atoms with Gasteiger partial charge in [-0.3, -0.25) is 9.88 Å². The Morgan fingerprint density at radius 3 is 2.82 bits per heavy atom. The van der Waals surface area contributed by atoms with Gasteiger partial charge in [0.1, 0.15) is 0 Å². The van der Waals surface area contributed by atoms with Crippen molar-refractivity contribution < 1.29 is 4.74 Å². The van der Waals surface area contributed by atoms with Crippen LogP contribution in [0.2, 0.25) is 5.15 Å². The average molecular weight is 254 g/mol. The monoisotopic (exact) mass is 253 g/mol. The molecule has 5 heteroatoms. The molecule has 0 aromatic carbocycles. The molecule has 17 heavy (non-hydrogen) atoms. The molecule has 0 atom stereocenters. The Bertz CT molecular complexity index is 391. The van der Waals surface area contributed by atoms with Crippen LogP contribution in [0.1, 0.15) is 19.3 Å². The molecule has 2 aliphatic rings. The molecule has 1 aliphatic carbocycles. The predicted molar refractivity (Wildman–Crippen MR) is 65.2 cm³/mol. The molecule has 0 N–H and O–H groups in total. The van der Waals surface area contributed by atoms with Crippen LogP contribution < -0.4 is 4.74 Å². The van der Waals surface area contributed by atoms with E-state index in [4.69, 9.17) is 16.3 Å². The summed E-state index contributed by atoms with van der Waals surface area (Å²) in [6.45, 7) is 3.05. The fraction of sp³-hybridized carbons (Fsp3) is 0.667. The Morgan fingerprint density at radius 2 is 2.18 bits per heavy atom. The largest absolute Gasteiger partial charge is 0.476 e. The van der Waals surface area contributed by atoms with Gasteiger partial charge in [0.2, 0.25) is 5.88 Å². The van der Waals surface area contributed by atoms with Crippen LogP contribution in [0, 0.1) is 5.92 Å². The number of likely N-dealkylation sites (tertiary alicyclic amines) is 1. The van der Waals surface area contributed by atoms with E-state index in [-0.39, 0.29) is 0 Å². The Morgan fingerprint density at radius 1 is 1.35 bits per heavy atom. The molecule has 0 bridgehead atoms. The summed E-state index contributed by atoms with van der Waals surface area (Å²) in [6, 6.07) is 0.859. The standard InChI is InChI=1S/C12H16ClN3O/c13-11-4-14-5-12(15-11)17-8-9-6-16(7-9)10-2-1-3-10/h4-5,9-10H,1-3,6-8H2. The summed E-state index contributed by atoms with van der Waals surface area (Å²) in [4.78, 5) is 10.6. The van der Waals surface area contributed by atoms with Gasteiger partial charge in [-0.15, -0.1) is 0 Å². The third-order valence-electron chi connectivity index (χ3n) is 3.63. The van der Waals surface area contributed by atoms with E-state index in [2.05, 4.69) is 14.9 Å². The highest BCUT2D eigenvalue weighted by Crippen LogP contribution is 2.30. The highest BCUT2D eigenvalue weighted by molar-refractivity contribution is 6.29. The van der Waals surface area contributed by atoms with Crippen molar-refractivity contribution in [2.24, 2.45) is 5.92 Å². The quantitative estimate of drug-likeness (QED) is 0.823. The minimum Gasteiger partial charge on any atom is -0.476 e. The average Bonchev–Trinajstić information content (AvgIpc) is 2.18. The van der Waals surface area contributed by atoms with Gasteiger partial charge in [0.25, 0.3) is 0 Å². The number of hydrogen-bond acceptors (Lipinski definition) is 4. The van der Waals surface area contributed by atoms with E-state index < -0.39 is 0 Å². The van der Waals surface area contributed by atoms with Gasteiger partial charge in [0.05, 0.1) is 19.0 Å². The van der Waals surface area contributed by atoms with Crippen LogP contribution in [0.3, 0.4) is 0 Å². The van der Waals surface area contributed by atoms with Crippen LogP contribution in [-0.2, 0) is 0 Å². The topological polar surface area (TPSA) is 38.2 Å². The maximum atomic E-state index is 5.74. The number of rotatable bonds is 4. The third-order valence-corrected chi connectivity index (χ3v) is 3.81. The Labute approximate surface area is 106 Å². The van der Waals surface area contributed by atoms with Gasteiger partial charge in [-0.05, 0) is 12.8 Å². The van der Waals surface area contributed by atoms with Crippen molar-refractivity contribution in [3.63, 3.8) is 0 Å². The molecule has 3 rings (SSSR count). The van der Waals surface area contributed by atoms with E-state index in [0.29, 0.717) is 17.0 Å². The van der Waals surface area contributed by atoms with E-state index in [1.54, 1.807) is 6.20 Å². The zero-order chi connectivity index (χ0) is 11.7. The van der Waals surface area contributed by atoms with Crippen molar-refractivity contribution in [3.8, 4) is 5.88 Å². The molecular formula is C12H16ClN3O. The summed E-state index contributed by atoms with van der Waals surface area (Å²) in [6.07, 6.45) is 7.28. The van der Waals surface area contributed by atoms with Crippen molar-refractivity contribution in [2.75, 3.05) is 19.7 Å². The van der Waals surface area contributed by atoms with Gasteiger partial charge in [0.15, 0.2) is 5.15 Å². The zero-order valence-corrected chi connectivity index (χ0v) is 10.4. The Hall–Kier alpha value is -0.870. The van der Waals surface area contributed by atoms with Crippen molar-refractivity contribution >= 4 is 11.6 Å². The molecular weight excluding hydrogens is 238 g/mol. The fourth-order valence-corrected chi connectivity index (χ4v) is 2.50. The van der Waals surface area contributed by atoms with Gasteiger partial charge in [-0.1, -0.05) is 18.0 Å². The molecule has 0 unspecified atom stereocenters. The summed E-state index contributed by atoms with van der Waals surface area (Å²) in [5, 5.41) is 0.382. The molecule has 0 spiro atoms. The highest BCUT2D eigenvalue weighted by Gasteiger charge is 2.35. The zero-order valence-electron chi connectivity index (χ0n) is 9.68. The van der Waals surface area contributed by atoms with Gasteiger partial charge in [-0.2, -0.15) is 4.98 Å². The van der Waals surface area contributed by atoms with Crippen LogP contribution in [0.25, 0.3) is 0 Å². The van der Waals surface area contributed by atoms with Crippen LogP contribution in [-0.4, -0.2) is 40.6 Å². The molecule has 2 heterocycles. The second kappa shape index (κ2) is 4.78. The minimum absolute atomic E-state index is 0.382. The number of hydrogen-bond donors (Lipinski definition) is 0. The van der Waals surface area contributed by atoms with E-state index in [1.807, 2.05) is 0 Å². The fourth-order valence-electron chi connectivity index (χ4n) is 2.36. The molecule has 1 aromatic rings. The van der Waals surface area contributed by atoms with Crippen molar-refractivity contribution in [1.29, 1.82) is 0 Å². The second-order valence-corrected chi connectivity index (χ2v) is 5.28. The van der Waals surface area contributed by atoms with E-state index in [9.17, 15) is 0 Å². The summed E-state index contributed by atoms with van der Waals surface area (Å²) in [7, 11) is 0. The Balaban J connectivity index is 1.41. The van der Waals surface area contributed by atoms with Crippen LogP contribution in [0.15, 0.2) is 12.4 Å². The second-order valence-electron chi connectivity index (χ2n) is 4.90. The van der Waals surface area contributed by atoms with Gasteiger partial charge in [0, 0.05) is 25.0 Å². The lowest BCUT2D eigenvalue weighted by molar-refractivity contribution is -0.00316. The number of ether oxygens (including phenoxy) is 1. The van der Waals surface area contributed by atoms with Crippen molar-refractivity contribution in [1.82, 2.24) is 14.9 Å². The first-order valence-corrected chi connectivity index (χ1v) is 6.53. The molecule has 1 saturated heterocycles. The molecule has 0 radical (unpaired) electrons. The smallest absolute Gasteiger partial charge is 0.233 e. The third kappa shape index (κ3) is 2.53. The Kier molecular flexibility index (Phi) is 3.16. The number of aromatic nitrogens is 2. The lowest BCUT2D eigenvalue weighted by Gasteiger charge is -2.47. The molecule has 2 fully saturated rings. The van der Waals surface area contributed by atoms with Crippen LogP contribution >= 0.6 is 11.6 Å². The summed E-state index contributed by atoms with van der Waals surface area (Å²) >= 11 is 5.74. The van der Waals surface area contributed by atoms with Gasteiger partial charge in [-0.25, -0.2) is 0 Å². The molecule has 1 aromatic heterocycles. The van der Waals surface area contributed by atoms with E-state index >= 15 is 0 Å². The number of halogens is 1. The maximum absolute atomic E-state index is 5.74. The summed E-state index contributed by atoms with van der Waals surface area (Å²) in [5.74, 6) is 1.16. The normalized spacial score (nSPS) is 21.9. The lowest BCUT2D eigenvalue weighted by Crippen LogP contribution is -2.55. The first kappa shape index (κ1) is 11.2. The van der Waals surface area contributed by atoms with E-state index in [0.717, 1.165) is 12.6 Å². The van der Waals surface area contributed by atoms with Gasteiger partial charge >= 0.3 is 0 Å². The highest BCUT2D eigenvalue weighted by atomic mass is 35.5. The predicted octanol–water partition coefficient (Wildman–Crippen LogP) is 1.99. The van der Waals surface area contributed by atoms with Crippen LogP contribution in [0.4, 0.5) is 0 Å². The van der Waals surface area contributed by atoms with Gasteiger partial charge < -0.3 is 4.74 Å². The summed E-state index contributed by atoms with van der Waals surface area (Å²) in [5.41, 5.74) is 0. The van der Waals surface area contributed by atoms with Crippen molar-refractivity contribution in [2.45, 2.75) is 25.3 Å². The molecule has 0 amide bonds. The van der Waals surface area contributed by atoms with Crippen molar-refractivity contribution in [3.05, 3.63) is 17.5 Å². The first-order chi connectivity index (χ1) is 8.31. The molecule has 1 saturated carbocycles. The molecule has 4 nitrogen and oxygen atoms in total. The van der Waals surface area contributed by atoms with Crippen LogP contribution in [0.5, 0.6) is 5.88 Å². The number of nitrogens with zero attached hydrogens (tertiary/aromatic N) is 3. The molecule has 1 aliphatic heterocycles. The molecule has 92 valence electrons. The minimum atomic E-state index is 0.382.